The quantitative estimate of drug-likeness (QED) is 0.671. The second kappa shape index (κ2) is 8.49. The third-order valence-electron chi connectivity index (χ3n) is 4.92. The molecule has 1 N–H and O–H groups in total. The van der Waals surface area contributed by atoms with E-state index in [1.54, 1.807) is 24.5 Å². The Labute approximate surface area is 174 Å². The Kier molecular flexibility index (Phi) is 5.62. The third kappa shape index (κ3) is 4.66. The van der Waals surface area contributed by atoms with Gasteiger partial charge in [-0.1, -0.05) is 17.7 Å². The molecule has 29 heavy (non-hydrogen) atoms. The molecular weight excluding hydrogens is 388 g/mol. The fraction of sp³-hybridized carbons (Fsp3) is 0.227. The van der Waals surface area contributed by atoms with E-state index in [2.05, 4.69) is 15.3 Å². The normalized spacial score (nSPS) is 13.4. The minimum absolute atomic E-state index is 0.137. The van der Waals surface area contributed by atoms with Crippen LogP contribution in [0.1, 0.15) is 16.8 Å². The van der Waals surface area contributed by atoms with E-state index >= 15 is 0 Å². The molecule has 4 rings (SSSR count). The number of hydrogen-bond donors (Lipinski definition) is 1. The van der Waals surface area contributed by atoms with Crippen LogP contribution in [0.3, 0.4) is 0 Å². The molecule has 6 nitrogen and oxygen atoms in total. The van der Waals surface area contributed by atoms with Crippen molar-refractivity contribution in [2.75, 3.05) is 18.4 Å². The summed E-state index contributed by atoms with van der Waals surface area (Å²) in [6.45, 7) is 3.18. The van der Waals surface area contributed by atoms with Crippen molar-refractivity contribution in [1.29, 1.82) is 0 Å². The Morgan fingerprint density at radius 3 is 2.69 bits per heavy atom. The summed E-state index contributed by atoms with van der Waals surface area (Å²) in [5, 5.41) is 3.64. The number of aryl methyl sites for hydroxylation is 1. The Morgan fingerprint density at radius 1 is 1.10 bits per heavy atom. The van der Waals surface area contributed by atoms with Gasteiger partial charge in [0.25, 0.3) is 0 Å². The SMILES string of the molecule is Cc1ncccc1Oc1ccc(NC(=O)N2CCc3ccc(Cl)cc3CC2)cn1. The van der Waals surface area contributed by atoms with Crippen molar-refractivity contribution in [2.24, 2.45) is 0 Å². The van der Waals surface area contributed by atoms with Crippen molar-refractivity contribution in [2.45, 2.75) is 19.8 Å². The number of benzene rings is 1. The van der Waals surface area contributed by atoms with Crippen LogP contribution in [-0.2, 0) is 12.8 Å². The molecule has 2 amide bonds. The summed E-state index contributed by atoms with van der Waals surface area (Å²) < 4.78 is 5.74. The molecule has 1 aliphatic heterocycles. The highest BCUT2D eigenvalue weighted by Gasteiger charge is 2.19. The number of rotatable bonds is 3. The standard InChI is InChI=1S/C22H21ClN4O2/c1-15-20(3-2-10-24-15)29-21-7-6-19(14-25-21)26-22(28)27-11-8-16-4-5-18(23)13-17(16)9-12-27/h2-7,10,13-14H,8-9,11-12H2,1H3,(H,26,28). The molecule has 2 aromatic heterocycles. The molecule has 0 saturated carbocycles. The lowest BCUT2D eigenvalue weighted by Gasteiger charge is -2.20. The van der Waals surface area contributed by atoms with Gasteiger partial charge in [0.2, 0.25) is 5.88 Å². The number of ether oxygens (including phenoxy) is 1. The molecule has 1 aliphatic rings. The summed E-state index contributed by atoms with van der Waals surface area (Å²) in [4.78, 5) is 23.0. The lowest BCUT2D eigenvalue weighted by Crippen LogP contribution is -2.36. The van der Waals surface area contributed by atoms with Crippen LogP contribution in [-0.4, -0.2) is 34.0 Å². The van der Waals surface area contributed by atoms with E-state index < -0.39 is 0 Å². The van der Waals surface area contributed by atoms with Gasteiger partial charge in [-0.05, 0) is 61.2 Å². The van der Waals surface area contributed by atoms with Crippen molar-refractivity contribution in [1.82, 2.24) is 14.9 Å². The number of urea groups is 1. The lowest BCUT2D eigenvalue weighted by atomic mass is 10.0. The van der Waals surface area contributed by atoms with E-state index in [0.29, 0.717) is 30.4 Å². The van der Waals surface area contributed by atoms with Gasteiger partial charge in [0.15, 0.2) is 5.75 Å². The maximum Gasteiger partial charge on any atom is 0.321 e. The van der Waals surface area contributed by atoms with Crippen molar-refractivity contribution < 1.29 is 9.53 Å². The van der Waals surface area contributed by atoms with Gasteiger partial charge in [0.1, 0.15) is 0 Å². The summed E-state index contributed by atoms with van der Waals surface area (Å²) in [6, 6.07) is 13.0. The first-order valence-electron chi connectivity index (χ1n) is 9.47. The van der Waals surface area contributed by atoms with Crippen LogP contribution in [0.4, 0.5) is 10.5 Å². The summed E-state index contributed by atoms with van der Waals surface area (Å²) in [5.41, 5.74) is 3.87. The Morgan fingerprint density at radius 2 is 1.93 bits per heavy atom. The monoisotopic (exact) mass is 408 g/mol. The fourth-order valence-corrected chi connectivity index (χ4v) is 3.50. The number of fused-ring (bicyclic) bond motifs is 1. The van der Waals surface area contributed by atoms with Crippen LogP contribution in [0.15, 0.2) is 54.9 Å². The van der Waals surface area contributed by atoms with Gasteiger partial charge in [0.05, 0.1) is 17.6 Å². The maximum absolute atomic E-state index is 12.7. The molecule has 7 heteroatoms. The number of pyridine rings is 2. The van der Waals surface area contributed by atoms with Gasteiger partial charge >= 0.3 is 6.03 Å². The number of nitrogens with one attached hydrogen (secondary N) is 1. The van der Waals surface area contributed by atoms with E-state index in [-0.39, 0.29) is 6.03 Å². The van der Waals surface area contributed by atoms with Gasteiger partial charge in [-0.25, -0.2) is 9.78 Å². The van der Waals surface area contributed by atoms with Crippen molar-refractivity contribution >= 4 is 23.3 Å². The van der Waals surface area contributed by atoms with Gasteiger partial charge in [-0.2, -0.15) is 0 Å². The van der Waals surface area contributed by atoms with Crippen molar-refractivity contribution in [3.05, 3.63) is 76.7 Å². The molecule has 0 spiro atoms. The van der Waals surface area contributed by atoms with Gasteiger partial charge < -0.3 is 15.0 Å². The molecular formula is C22H21ClN4O2. The first-order chi connectivity index (χ1) is 14.1. The molecule has 0 aliphatic carbocycles. The fourth-order valence-electron chi connectivity index (χ4n) is 3.30. The average molecular weight is 409 g/mol. The van der Waals surface area contributed by atoms with E-state index in [0.717, 1.165) is 23.6 Å². The highest BCUT2D eigenvalue weighted by Crippen LogP contribution is 2.23. The predicted octanol–water partition coefficient (Wildman–Crippen LogP) is 4.86. The maximum atomic E-state index is 12.7. The molecule has 0 unspecified atom stereocenters. The van der Waals surface area contributed by atoms with Gasteiger partial charge in [-0.3, -0.25) is 4.98 Å². The van der Waals surface area contributed by atoms with Crippen LogP contribution < -0.4 is 10.1 Å². The van der Waals surface area contributed by atoms with E-state index in [1.165, 1.54) is 11.1 Å². The van der Waals surface area contributed by atoms with Gasteiger partial charge in [-0.15, -0.1) is 0 Å². The van der Waals surface area contributed by atoms with Crippen LogP contribution in [0.25, 0.3) is 0 Å². The largest absolute Gasteiger partial charge is 0.437 e. The number of carbonyl (C=O) groups is 1. The van der Waals surface area contributed by atoms with Crippen LogP contribution in [0.2, 0.25) is 5.02 Å². The molecule has 0 atom stereocenters. The Bertz CT molecular complexity index is 1020. The van der Waals surface area contributed by atoms with Crippen molar-refractivity contribution in [3.63, 3.8) is 0 Å². The number of halogens is 1. The summed E-state index contributed by atoms with van der Waals surface area (Å²) in [5.74, 6) is 1.10. The second-order valence-corrected chi connectivity index (χ2v) is 7.34. The van der Waals surface area contributed by atoms with E-state index in [9.17, 15) is 4.79 Å². The highest BCUT2D eigenvalue weighted by atomic mass is 35.5. The zero-order valence-corrected chi connectivity index (χ0v) is 16.8. The van der Waals surface area contributed by atoms with Crippen LogP contribution >= 0.6 is 11.6 Å². The molecule has 1 aromatic carbocycles. The van der Waals surface area contributed by atoms with E-state index in [4.69, 9.17) is 16.3 Å². The van der Waals surface area contributed by atoms with E-state index in [1.807, 2.05) is 42.2 Å². The second-order valence-electron chi connectivity index (χ2n) is 6.90. The van der Waals surface area contributed by atoms with Crippen molar-refractivity contribution in [3.8, 4) is 11.6 Å². The smallest absolute Gasteiger partial charge is 0.321 e. The molecule has 0 saturated heterocycles. The zero-order chi connectivity index (χ0) is 20.2. The minimum atomic E-state index is -0.137. The summed E-state index contributed by atoms with van der Waals surface area (Å²) >= 11 is 6.10. The first kappa shape index (κ1) is 19.2. The summed E-state index contributed by atoms with van der Waals surface area (Å²) in [6.07, 6.45) is 4.91. The predicted molar refractivity (Wildman–Crippen MR) is 113 cm³/mol. The highest BCUT2D eigenvalue weighted by molar-refractivity contribution is 6.30. The third-order valence-corrected chi connectivity index (χ3v) is 5.15. The number of carbonyl (C=O) groups excluding carboxylic acids is 1. The first-order valence-corrected chi connectivity index (χ1v) is 9.85. The average Bonchev–Trinajstić information content (AvgIpc) is 2.93. The topological polar surface area (TPSA) is 67.3 Å². The summed E-state index contributed by atoms with van der Waals surface area (Å²) in [7, 11) is 0. The number of aromatic nitrogens is 2. The zero-order valence-electron chi connectivity index (χ0n) is 16.1. The molecule has 148 valence electrons. The van der Waals surface area contributed by atoms with Gasteiger partial charge in [0, 0.05) is 30.4 Å². The number of hydrogen-bond acceptors (Lipinski definition) is 4. The molecule has 0 fully saturated rings. The molecule has 3 heterocycles. The Balaban J connectivity index is 1.37. The van der Waals surface area contributed by atoms with Crippen LogP contribution in [0, 0.1) is 6.92 Å². The molecule has 3 aromatic rings. The molecule has 0 bridgehead atoms. The molecule has 0 radical (unpaired) electrons. The number of amides is 2. The van der Waals surface area contributed by atoms with Crippen LogP contribution in [0.5, 0.6) is 11.6 Å². The number of nitrogens with zero attached hydrogens (tertiary/aromatic N) is 3. The Hall–Kier alpha value is -3.12. The minimum Gasteiger partial charge on any atom is -0.437 e. The lowest BCUT2D eigenvalue weighted by molar-refractivity contribution is 0.214. The number of anilines is 1.